The van der Waals surface area contributed by atoms with Crippen LogP contribution in [0.4, 0.5) is 0 Å². The minimum Gasteiger partial charge on any atom is -0.469 e. The zero-order valence-electron chi connectivity index (χ0n) is 11.2. The van der Waals surface area contributed by atoms with Crippen LogP contribution in [0.2, 0.25) is 0 Å². The van der Waals surface area contributed by atoms with Crippen molar-refractivity contribution < 1.29 is 14.3 Å². The zero-order chi connectivity index (χ0) is 14.2. The van der Waals surface area contributed by atoms with Crippen LogP contribution in [0.25, 0.3) is 0 Å². The number of nitrogens with zero attached hydrogens (tertiary/aromatic N) is 3. The predicted molar refractivity (Wildman–Crippen MR) is 68.9 cm³/mol. The fourth-order valence-corrected chi connectivity index (χ4v) is 2.58. The van der Waals surface area contributed by atoms with Gasteiger partial charge in [-0.05, 0) is 18.9 Å². The van der Waals surface area contributed by atoms with Crippen LogP contribution in [0.3, 0.4) is 0 Å². The fraction of sp³-hybridized carbons (Fsp3) is 0.462. The number of hydrogen-bond acceptors (Lipinski definition) is 5. The van der Waals surface area contributed by atoms with Gasteiger partial charge in [0.2, 0.25) is 0 Å². The van der Waals surface area contributed by atoms with Gasteiger partial charge >= 0.3 is 0 Å². The number of rotatable bonds is 3. The topological polar surface area (TPSA) is 93.2 Å². The molecule has 0 spiro atoms. The summed E-state index contributed by atoms with van der Waals surface area (Å²) in [6.07, 6.45) is 5.36. The van der Waals surface area contributed by atoms with Crippen molar-refractivity contribution in [2.24, 2.45) is 7.05 Å². The molecule has 0 aliphatic heterocycles. The number of nitrogens with one attached hydrogen (secondary N) is 1. The van der Waals surface area contributed by atoms with Gasteiger partial charge in [0.05, 0.1) is 19.0 Å². The first kappa shape index (κ1) is 12.9. The third-order valence-corrected chi connectivity index (χ3v) is 3.62. The van der Waals surface area contributed by atoms with E-state index in [-0.39, 0.29) is 18.1 Å². The molecule has 1 atom stereocenters. The Morgan fingerprint density at radius 1 is 1.65 bits per heavy atom. The Balaban J connectivity index is 1.71. The number of furan rings is 1. The van der Waals surface area contributed by atoms with E-state index in [1.807, 2.05) is 0 Å². The molecule has 2 N–H and O–H groups in total. The van der Waals surface area contributed by atoms with Gasteiger partial charge in [-0.1, -0.05) is 5.21 Å². The molecule has 3 rings (SSSR count). The lowest BCUT2D eigenvalue weighted by atomic mass is 9.83. The highest BCUT2D eigenvalue weighted by atomic mass is 16.3. The third kappa shape index (κ3) is 2.20. The number of carbonyl (C=O) groups excluding carboxylic acids is 1. The summed E-state index contributed by atoms with van der Waals surface area (Å²) in [4.78, 5) is 11.9. The molecule has 0 radical (unpaired) electrons. The van der Waals surface area contributed by atoms with Gasteiger partial charge in [-0.15, -0.1) is 5.10 Å². The van der Waals surface area contributed by atoms with Crippen LogP contribution >= 0.6 is 0 Å². The van der Waals surface area contributed by atoms with E-state index in [1.165, 1.54) is 10.9 Å². The molecule has 1 aliphatic rings. The molecular weight excluding hydrogens is 260 g/mol. The van der Waals surface area contributed by atoms with Crippen LogP contribution in [0, 0.1) is 0 Å². The average molecular weight is 276 g/mol. The summed E-state index contributed by atoms with van der Waals surface area (Å²) in [5.41, 5.74) is -0.0686. The summed E-state index contributed by atoms with van der Waals surface area (Å²) in [7, 11) is 1.69. The van der Waals surface area contributed by atoms with Crippen molar-refractivity contribution in [1.29, 1.82) is 0 Å². The van der Waals surface area contributed by atoms with E-state index >= 15 is 0 Å². The molecule has 2 aromatic heterocycles. The first-order valence-electron chi connectivity index (χ1n) is 6.52. The first-order chi connectivity index (χ1) is 9.58. The number of aryl methyl sites for hydroxylation is 2. The van der Waals surface area contributed by atoms with Crippen molar-refractivity contribution in [1.82, 2.24) is 20.3 Å². The molecule has 20 heavy (non-hydrogen) atoms. The molecule has 1 aliphatic carbocycles. The number of fused-ring (bicyclic) bond motifs is 1. The molecule has 0 aromatic carbocycles. The van der Waals surface area contributed by atoms with E-state index in [4.69, 9.17) is 4.42 Å². The minimum atomic E-state index is -1.07. The van der Waals surface area contributed by atoms with Gasteiger partial charge in [0.1, 0.15) is 11.4 Å². The largest absolute Gasteiger partial charge is 0.469 e. The molecule has 7 heteroatoms. The average Bonchev–Trinajstić information content (AvgIpc) is 3.06. The summed E-state index contributed by atoms with van der Waals surface area (Å²) >= 11 is 0. The maximum absolute atomic E-state index is 11.9. The second-order valence-corrected chi connectivity index (χ2v) is 5.10. The highest BCUT2D eigenvalue weighted by Crippen LogP contribution is 2.35. The lowest BCUT2D eigenvalue weighted by Gasteiger charge is -2.31. The van der Waals surface area contributed by atoms with E-state index in [9.17, 15) is 9.90 Å². The van der Waals surface area contributed by atoms with E-state index in [1.54, 1.807) is 19.4 Å². The Morgan fingerprint density at radius 3 is 3.25 bits per heavy atom. The maximum atomic E-state index is 11.9. The Hall–Kier alpha value is -2.15. The Morgan fingerprint density at radius 2 is 2.50 bits per heavy atom. The monoisotopic (exact) mass is 276 g/mol. The van der Waals surface area contributed by atoms with E-state index in [0.29, 0.717) is 6.42 Å². The normalized spacial score (nSPS) is 21.5. The lowest BCUT2D eigenvalue weighted by Crippen LogP contribution is -2.42. The lowest BCUT2D eigenvalue weighted by molar-refractivity contribution is 0.0168. The summed E-state index contributed by atoms with van der Waals surface area (Å²) in [5, 5.41) is 20.8. The maximum Gasteiger partial charge on any atom is 0.273 e. The molecule has 0 bridgehead atoms. The molecule has 0 fully saturated rings. The van der Waals surface area contributed by atoms with Crippen LogP contribution < -0.4 is 5.32 Å². The summed E-state index contributed by atoms with van der Waals surface area (Å²) in [6, 6.07) is 1.77. The number of aliphatic hydroxyl groups is 1. The highest BCUT2D eigenvalue weighted by Gasteiger charge is 2.36. The summed E-state index contributed by atoms with van der Waals surface area (Å²) in [6.45, 7) is 0.134. The van der Waals surface area contributed by atoms with Crippen LogP contribution in [0.15, 0.2) is 22.9 Å². The van der Waals surface area contributed by atoms with Crippen molar-refractivity contribution in [2.75, 3.05) is 6.54 Å². The third-order valence-electron chi connectivity index (χ3n) is 3.62. The number of carbonyl (C=O) groups is 1. The van der Waals surface area contributed by atoms with Gasteiger partial charge in [-0.2, -0.15) is 0 Å². The predicted octanol–water partition coefficient (Wildman–Crippen LogP) is 0.362. The standard InChI is InChI=1S/C13H16N4O3/c1-17-7-10(15-16-17)12(18)14-8-13(19)5-2-3-11-9(13)4-6-20-11/h4,6-7,19H,2-3,5,8H2,1H3,(H,14,18)/t13-/m1/s1. The van der Waals surface area contributed by atoms with Crippen LogP contribution in [-0.2, 0) is 19.1 Å². The SMILES string of the molecule is Cn1cc(C(=O)NC[C@]2(O)CCCc3occc32)nn1. The summed E-state index contributed by atoms with van der Waals surface area (Å²) in [5.74, 6) is 0.453. The van der Waals surface area contributed by atoms with Gasteiger partial charge in [0, 0.05) is 19.0 Å². The van der Waals surface area contributed by atoms with Crippen molar-refractivity contribution >= 4 is 5.91 Å². The smallest absolute Gasteiger partial charge is 0.273 e. The molecule has 2 heterocycles. The molecule has 1 amide bonds. The molecule has 0 unspecified atom stereocenters. The zero-order valence-corrected chi connectivity index (χ0v) is 11.2. The van der Waals surface area contributed by atoms with Gasteiger partial charge in [-0.25, -0.2) is 0 Å². The van der Waals surface area contributed by atoms with E-state index in [0.717, 1.165) is 24.2 Å². The van der Waals surface area contributed by atoms with Crippen molar-refractivity contribution in [3.8, 4) is 0 Å². The Bertz CT molecular complexity index is 633. The molecule has 7 nitrogen and oxygen atoms in total. The van der Waals surface area contributed by atoms with Crippen LogP contribution in [0.1, 0.15) is 34.7 Å². The molecule has 0 saturated heterocycles. The van der Waals surface area contributed by atoms with Crippen LogP contribution in [0.5, 0.6) is 0 Å². The second kappa shape index (κ2) is 4.75. The van der Waals surface area contributed by atoms with Crippen molar-refractivity contribution in [3.05, 3.63) is 35.5 Å². The molecule has 2 aromatic rings. The minimum absolute atomic E-state index is 0.134. The van der Waals surface area contributed by atoms with E-state index < -0.39 is 5.60 Å². The van der Waals surface area contributed by atoms with Gasteiger partial charge in [0.15, 0.2) is 5.69 Å². The second-order valence-electron chi connectivity index (χ2n) is 5.10. The quantitative estimate of drug-likeness (QED) is 0.844. The number of amides is 1. The Labute approximate surface area is 115 Å². The first-order valence-corrected chi connectivity index (χ1v) is 6.52. The summed E-state index contributed by atoms with van der Waals surface area (Å²) < 4.78 is 6.80. The molecular formula is C13H16N4O3. The van der Waals surface area contributed by atoms with Crippen molar-refractivity contribution in [3.63, 3.8) is 0 Å². The Kier molecular flexibility index (Phi) is 3.06. The number of hydrogen-bond donors (Lipinski definition) is 2. The molecule has 106 valence electrons. The van der Waals surface area contributed by atoms with Gasteiger partial charge in [0.25, 0.3) is 5.91 Å². The fourth-order valence-electron chi connectivity index (χ4n) is 2.58. The van der Waals surface area contributed by atoms with E-state index in [2.05, 4.69) is 15.6 Å². The van der Waals surface area contributed by atoms with Crippen molar-refractivity contribution in [2.45, 2.75) is 24.9 Å². The van der Waals surface area contributed by atoms with Gasteiger partial charge in [-0.3, -0.25) is 9.48 Å². The van der Waals surface area contributed by atoms with Crippen LogP contribution in [-0.4, -0.2) is 32.6 Å². The number of aromatic nitrogens is 3. The highest BCUT2D eigenvalue weighted by molar-refractivity contribution is 5.91. The van der Waals surface area contributed by atoms with Gasteiger partial charge < -0.3 is 14.8 Å². The molecule has 0 saturated carbocycles.